The van der Waals surface area contributed by atoms with Gasteiger partial charge in [0.05, 0.1) is 10.2 Å². The van der Waals surface area contributed by atoms with Crippen LogP contribution in [0.3, 0.4) is 0 Å². The second-order valence-corrected chi connectivity index (χ2v) is 5.35. The Labute approximate surface area is 94.0 Å². The summed E-state index contributed by atoms with van der Waals surface area (Å²) in [5.41, 5.74) is -1.34. The maximum Gasteiger partial charge on any atom is 0.335 e. The predicted molar refractivity (Wildman–Crippen MR) is 61.7 cm³/mol. The van der Waals surface area contributed by atoms with Crippen LogP contribution in [-0.4, -0.2) is 41.4 Å². The number of methoxy groups -OCH3 is 2. The van der Waals surface area contributed by atoms with Crippen molar-refractivity contribution in [1.29, 1.82) is 0 Å². The highest BCUT2D eigenvalue weighted by atomic mass is 28.1. The van der Waals surface area contributed by atoms with Crippen LogP contribution in [0, 0.1) is 0 Å². The molecule has 1 unspecified atom stereocenters. The Morgan fingerprint density at radius 2 is 1.73 bits per heavy atom. The van der Waals surface area contributed by atoms with E-state index in [0.717, 1.165) is 0 Å². The van der Waals surface area contributed by atoms with Crippen molar-refractivity contribution < 1.29 is 19.0 Å². The summed E-state index contributed by atoms with van der Waals surface area (Å²) in [7, 11) is 3.55. The zero-order valence-corrected chi connectivity index (χ0v) is 12.3. The molecule has 0 aromatic heterocycles. The second kappa shape index (κ2) is 4.91. The zero-order valence-electron chi connectivity index (χ0n) is 10.3. The van der Waals surface area contributed by atoms with E-state index in [1.54, 1.807) is 14.0 Å². The van der Waals surface area contributed by atoms with Gasteiger partial charge in [0.15, 0.2) is 0 Å². The Balaban J connectivity index is 4.87. The molecule has 0 aliphatic carbocycles. The van der Waals surface area contributed by atoms with Crippen LogP contribution in [0.1, 0.15) is 20.8 Å². The SMILES string of the molecule is C=C(C)C(=O)OC([SiH3])(OC)C(C)(C)OC. The Bertz CT molecular complexity index is 262. The molecule has 0 N–H and O–H groups in total. The van der Waals surface area contributed by atoms with Crippen LogP contribution in [0.25, 0.3) is 0 Å². The highest BCUT2D eigenvalue weighted by Crippen LogP contribution is 2.27. The normalized spacial score (nSPS) is 15.8. The number of esters is 1. The van der Waals surface area contributed by atoms with Crippen LogP contribution in [0.4, 0.5) is 0 Å². The van der Waals surface area contributed by atoms with E-state index in [4.69, 9.17) is 14.2 Å². The Morgan fingerprint density at radius 1 is 1.27 bits per heavy atom. The molecule has 15 heavy (non-hydrogen) atoms. The van der Waals surface area contributed by atoms with Crippen LogP contribution in [0.2, 0.25) is 0 Å². The van der Waals surface area contributed by atoms with E-state index in [2.05, 4.69) is 6.58 Å². The standard InChI is InChI=1S/C10H20O4Si/c1-7(2)8(11)14-10(15,13-6)9(3,4)12-5/h1H2,2-6,15H3. The molecule has 0 aromatic carbocycles. The first-order valence-electron chi connectivity index (χ1n) is 4.69. The van der Waals surface area contributed by atoms with E-state index >= 15 is 0 Å². The topological polar surface area (TPSA) is 44.8 Å². The van der Waals surface area contributed by atoms with Crippen molar-refractivity contribution in [3.63, 3.8) is 0 Å². The number of ether oxygens (including phenoxy) is 3. The van der Waals surface area contributed by atoms with Crippen LogP contribution in [-0.2, 0) is 19.0 Å². The lowest BCUT2D eigenvalue weighted by atomic mass is 10.1. The van der Waals surface area contributed by atoms with Gasteiger partial charge in [-0.05, 0) is 20.8 Å². The van der Waals surface area contributed by atoms with Gasteiger partial charge >= 0.3 is 5.97 Å². The van der Waals surface area contributed by atoms with Crippen LogP contribution in [0.15, 0.2) is 12.2 Å². The molecule has 0 bridgehead atoms. The number of hydrogen-bond donors (Lipinski definition) is 0. The van der Waals surface area contributed by atoms with E-state index in [-0.39, 0.29) is 0 Å². The Morgan fingerprint density at radius 3 is 2.00 bits per heavy atom. The molecular formula is C10H20O4Si. The van der Waals surface area contributed by atoms with Gasteiger partial charge in [0, 0.05) is 19.8 Å². The number of rotatable bonds is 5. The first-order chi connectivity index (χ1) is 6.70. The van der Waals surface area contributed by atoms with E-state index in [1.807, 2.05) is 13.8 Å². The fourth-order valence-corrected chi connectivity index (χ4v) is 1.25. The summed E-state index contributed by atoms with van der Waals surface area (Å²) >= 11 is 0. The fraction of sp³-hybridized carbons (Fsp3) is 0.700. The van der Waals surface area contributed by atoms with Crippen molar-refractivity contribution in [3.05, 3.63) is 12.2 Å². The monoisotopic (exact) mass is 232 g/mol. The van der Waals surface area contributed by atoms with Gasteiger partial charge < -0.3 is 14.2 Å². The van der Waals surface area contributed by atoms with Crippen molar-refractivity contribution in [2.24, 2.45) is 0 Å². The summed E-state index contributed by atoms with van der Waals surface area (Å²) in [6, 6.07) is 0. The molecule has 0 aromatic rings. The minimum absolute atomic E-state index is 0.346. The van der Waals surface area contributed by atoms with E-state index in [1.165, 1.54) is 7.11 Å². The largest absolute Gasteiger partial charge is 0.432 e. The fourth-order valence-electron chi connectivity index (χ4n) is 0.860. The van der Waals surface area contributed by atoms with Crippen molar-refractivity contribution in [3.8, 4) is 0 Å². The van der Waals surface area contributed by atoms with E-state index in [0.29, 0.717) is 15.8 Å². The molecule has 0 amide bonds. The third kappa shape index (κ3) is 3.15. The maximum absolute atomic E-state index is 11.4. The molecule has 1 atom stereocenters. The molecular weight excluding hydrogens is 212 g/mol. The predicted octanol–water partition coefficient (Wildman–Crippen LogP) is 0.196. The van der Waals surface area contributed by atoms with E-state index in [9.17, 15) is 4.79 Å². The molecule has 88 valence electrons. The summed E-state index contributed by atoms with van der Waals surface area (Å²) in [6.07, 6.45) is 0. The van der Waals surface area contributed by atoms with Crippen LogP contribution in [0.5, 0.6) is 0 Å². The summed E-state index contributed by atoms with van der Waals surface area (Å²) in [5.74, 6) is -0.461. The number of hydrogen-bond acceptors (Lipinski definition) is 4. The van der Waals surface area contributed by atoms with Gasteiger partial charge in [-0.1, -0.05) is 6.58 Å². The maximum atomic E-state index is 11.4. The van der Waals surface area contributed by atoms with Gasteiger partial charge in [-0.3, -0.25) is 0 Å². The Hall–Kier alpha value is -0.653. The molecule has 0 aliphatic heterocycles. The molecule has 4 nitrogen and oxygen atoms in total. The zero-order chi connectivity index (χ0) is 12.3. The van der Waals surface area contributed by atoms with Crippen molar-refractivity contribution in [2.45, 2.75) is 31.8 Å². The molecule has 0 rings (SSSR count). The Kier molecular flexibility index (Phi) is 4.70. The highest BCUT2D eigenvalue weighted by molar-refractivity contribution is 6.15. The van der Waals surface area contributed by atoms with Gasteiger partial charge in [0.2, 0.25) is 5.41 Å². The van der Waals surface area contributed by atoms with Gasteiger partial charge in [0.25, 0.3) is 0 Å². The third-order valence-electron chi connectivity index (χ3n) is 2.63. The number of carbonyl (C=O) groups is 1. The van der Waals surface area contributed by atoms with Gasteiger partial charge in [0.1, 0.15) is 5.60 Å². The molecule has 0 fully saturated rings. The van der Waals surface area contributed by atoms with Crippen LogP contribution >= 0.6 is 0 Å². The molecule has 0 spiro atoms. The number of carbonyl (C=O) groups excluding carboxylic acids is 1. The summed E-state index contributed by atoms with van der Waals surface area (Å²) in [6.45, 7) is 8.75. The summed E-state index contributed by atoms with van der Waals surface area (Å²) in [4.78, 5) is 11.4. The molecule has 5 heteroatoms. The minimum atomic E-state index is -1.00. The average molecular weight is 232 g/mol. The van der Waals surface area contributed by atoms with Gasteiger partial charge in [-0.2, -0.15) is 0 Å². The quantitative estimate of drug-likeness (QED) is 0.294. The minimum Gasteiger partial charge on any atom is -0.432 e. The third-order valence-corrected chi connectivity index (χ3v) is 4.45. The van der Waals surface area contributed by atoms with Crippen molar-refractivity contribution in [1.82, 2.24) is 0 Å². The second-order valence-electron chi connectivity index (χ2n) is 4.03. The van der Waals surface area contributed by atoms with Crippen LogP contribution < -0.4 is 0 Å². The molecule has 0 saturated carbocycles. The first-order valence-corrected chi connectivity index (χ1v) is 5.69. The van der Waals surface area contributed by atoms with Crippen molar-refractivity contribution in [2.75, 3.05) is 14.2 Å². The lowest BCUT2D eigenvalue weighted by molar-refractivity contribution is -0.246. The lowest BCUT2D eigenvalue weighted by Gasteiger charge is -2.41. The highest BCUT2D eigenvalue weighted by Gasteiger charge is 2.45. The molecule has 0 heterocycles. The van der Waals surface area contributed by atoms with Gasteiger partial charge in [-0.15, -0.1) is 0 Å². The van der Waals surface area contributed by atoms with Gasteiger partial charge in [-0.25, -0.2) is 4.79 Å². The molecule has 0 radical (unpaired) electrons. The average Bonchev–Trinajstić information content (AvgIpc) is 2.17. The summed E-state index contributed by atoms with van der Waals surface area (Å²) in [5, 5.41) is 0. The molecule has 0 aliphatic rings. The van der Waals surface area contributed by atoms with E-state index < -0.39 is 17.0 Å². The first kappa shape index (κ1) is 14.3. The summed E-state index contributed by atoms with van der Waals surface area (Å²) < 4.78 is 15.8. The smallest absolute Gasteiger partial charge is 0.335 e. The lowest BCUT2D eigenvalue weighted by Crippen LogP contribution is -2.56. The van der Waals surface area contributed by atoms with Crippen molar-refractivity contribution >= 4 is 16.2 Å². The molecule has 0 saturated heterocycles.